The van der Waals surface area contributed by atoms with Crippen LogP contribution in [-0.2, 0) is 0 Å². The second-order valence-electron chi connectivity index (χ2n) is 4.99. The zero-order valence-corrected chi connectivity index (χ0v) is 12.9. The first-order chi connectivity index (χ1) is 12.5. The van der Waals surface area contributed by atoms with Crippen LogP contribution in [-0.4, -0.2) is 28.8 Å². The molecule has 0 radical (unpaired) electrons. The first-order valence-electron chi connectivity index (χ1n) is 7.12. The van der Waals surface area contributed by atoms with Gasteiger partial charge in [0.05, 0.1) is 27.7 Å². The average Bonchev–Trinajstić information content (AvgIpc) is 3.08. The van der Waals surface area contributed by atoms with Crippen LogP contribution in [0.4, 0.5) is 11.4 Å². The maximum Gasteiger partial charge on any atom is 0.282 e. The minimum absolute atomic E-state index is 0.0541. The number of carbonyl (C=O) groups excluding carboxylic acids is 1. The molecular weight excluding hydrogens is 348 g/mol. The molecule has 0 spiro atoms. The van der Waals surface area contributed by atoms with E-state index >= 15 is 0 Å². The molecule has 11 nitrogen and oxygen atoms in total. The number of amides is 1. The van der Waals surface area contributed by atoms with Crippen molar-refractivity contribution in [3.05, 3.63) is 67.8 Å². The monoisotopic (exact) mass is 358 g/mol. The van der Waals surface area contributed by atoms with Gasteiger partial charge in [0, 0.05) is 6.07 Å². The number of para-hydroxylation sites is 1. The summed E-state index contributed by atoms with van der Waals surface area (Å²) in [5.74, 6) is -0.281. The van der Waals surface area contributed by atoms with E-state index in [2.05, 4.69) is 10.5 Å². The number of benzene rings is 2. The van der Waals surface area contributed by atoms with Crippen LogP contribution in [0, 0.1) is 20.2 Å². The SMILES string of the molecule is O=C(N/N=C/c1cc2c(cc1[N+](=O)[O-])OCO2)c1ccccc1[N+](=O)[O-]. The number of nitro groups is 2. The summed E-state index contributed by atoms with van der Waals surface area (Å²) in [6, 6.07) is 7.88. The highest BCUT2D eigenvalue weighted by Crippen LogP contribution is 2.37. The first kappa shape index (κ1) is 16.8. The minimum Gasteiger partial charge on any atom is -0.454 e. The molecule has 3 rings (SSSR count). The normalized spacial score (nSPS) is 12.2. The summed E-state index contributed by atoms with van der Waals surface area (Å²) in [5.41, 5.74) is 1.32. The summed E-state index contributed by atoms with van der Waals surface area (Å²) in [5, 5.41) is 25.7. The van der Waals surface area contributed by atoms with Crippen LogP contribution in [0.1, 0.15) is 15.9 Å². The van der Waals surface area contributed by atoms with E-state index in [-0.39, 0.29) is 35.0 Å². The van der Waals surface area contributed by atoms with Crippen molar-refractivity contribution in [2.24, 2.45) is 5.10 Å². The Kier molecular flexibility index (Phi) is 4.43. The Hall–Kier alpha value is -4.02. The van der Waals surface area contributed by atoms with E-state index in [0.717, 1.165) is 6.21 Å². The summed E-state index contributed by atoms with van der Waals surface area (Å²) in [6.45, 7) is -0.0541. The van der Waals surface area contributed by atoms with Crippen LogP contribution in [0.5, 0.6) is 11.5 Å². The number of hydrogen-bond donors (Lipinski definition) is 1. The lowest BCUT2D eigenvalue weighted by Gasteiger charge is -2.02. The summed E-state index contributed by atoms with van der Waals surface area (Å²) < 4.78 is 10.2. The molecule has 1 aliphatic rings. The van der Waals surface area contributed by atoms with Gasteiger partial charge in [-0.05, 0) is 12.1 Å². The van der Waals surface area contributed by atoms with Crippen molar-refractivity contribution in [3.8, 4) is 11.5 Å². The third-order valence-electron chi connectivity index (χ3n) is 3.43. The summed E-state index contributed by atoms with van der Waals surface area (Å²) >= 11 is 0. The standard InChI is InChI=1S/C15H10N4O7/c20-15(10-3-1-2-4-11(10)18(21)22)17-16-7-9-5-13-14(26-8-25-13)6-12(9)19(23)24/h1-7H,8H2,(H,17,20)/b16-7+. The van der Waals surface area contributed by atoms with Gasteiger partial charge >= 0.3 is 0 Å². The predicted octanol–water partition coefficient (Wildman–Crippen LogP) is 2.00. The molecule has 1 amide bonds. The molecule has 0 saturated carbocycles. The Balaban J connectivity index is 1.82. The van der Waals surface area contributed by atoms with E-state index in [1.54, 1.807) is 0 Å². The van der Waals surface area contributed by atoms with E-state index in [1.165, 1.54) is 36.4 Å². The Morgan fingerprint density at radius 1 is 1.08 bits per heavy atom. The fourth-order valence-corrected chi connectivity index (χ4v) is 2.25. The van der Waals surface area contributed by atoms with Crippen molar-refractivity contribution in [1.29, 1.82) is 0 Å². The van der Waals surface area contributed by atoms with Gasteiger partial charge in [0.15, 0.2) is 11.5 Å². The lowest BCUT2D eigenvalue weighted by atomic mass is 10.1. The molecule has 2 aromatic rings. The van der Waals surface area contributed by atoms with Crippen LogP contribution in [0.3, 0.4) is 0 Å². The molecule has 132 valence electrons. The third kappa shape index (κ3) is 3.26. The molecule has 0 aromatic heterocycles. The van der Waals surface area contributed by atoms with E-state index < -0.39 is 15.8 Å². The van der Waals surface area contributed by atoms with Crippen LogP contribution < -0.4 is 14.9 Å². The largest absolute Gasteiger partial charge is 0.454 e. The molecule has 1 aliphatic heterocycles. The quantitative estimate of drug-likeness (QED) is 0.488. The number of nitro benzene ring substituents is 2. The number of fused-ring (bicyclic) bond motifs is 1. The molecule has 0 bridgehead atoms. The van der Waals surface area contributed by atoms with Crippen molar-refractivity contribution >= 4 is 23.5 Å². The van der Waals surface area contributed by atoms with Gasteiger partial charge in [-0.1, -0.05) is 12.1 Å². The molecule has 0 unspecified atom stereocenters. The van der Waals surface area contributed by atoms with Crippen molar-refractivity contribution in [3.63, 3.8) is 0 Å². The second-order valence-corrected chi connectivity index (χ2v) is 4.99. The van der Waals surface area contributed by atoms with E-state index in [9.17, 15) is 25.0 Å². The lowest BCUT2D eigenvalue weighted by molar-refractivity contribution is -0.385. The van der Waals surface area contributed by atoms with Gasteiger partial charge in [-0.25, -0.2) is 5.43 Å². The van der Waals surface area contributed by atoms with Crippen molar-refractivity contribution < 1.29 is 24.1 Å². The summed E-state index contributed by atoms with van der Waals surface area (Å²) in [4.78, 5) is 32.8. The number of ether oxygens (including phenoxy) is 2. The summed E-state index contributed by atoms with van der Waals surface area (Å²) in [7, 11) is 0. The van der Waals surface area contributed by atoms with Gasteiger partial charge in [-0.2, -0.15) is 5.10 Å². The van der Waals surface area contributed by atoms with Crippen LogP contribution in [0.2, 0.25) is 0 Å². The fraction of sp³-hybridized carbons (Fsp3) is 0.0667. The maximum absolute atomic E-state index is 12.1. The maximum atomic E-state index is 12.1. The van der Waals surface area contributed by atoms with E-state index in [1.807, 2.05) is 0 Å². The first-order valence-corrected chi connectivity index (χ1v) is 7.12. The molecule has 1 heterocycles. The van der Waals surface area contributed by atoms with Crippen molar-refractivity contribution in [2.45, 2.75) is 0 Å². The van der Waals surface area contributed by atoms with Gasteiger partial charge < -0.3 is 9.47 Å². The Morgan fingerprint density at radius 3 is 2.42 bits per heavy atom. The number of hydrazone groups is 1. The van der Waals surface area contributed by atoms with Gasteiger partial charge in [-0.15, -0.1) is 0 Å². The van der Waals surface area contributed by atoms with E-state index in [4.69, 9.17) is 9.47 Å². The Morgan fingerprint density at radius 2 is 1.73 bits per heavy atom. The van der Waals surface area contributed by atoms with Gasteiger partial charge in [0.25, 0.3) is 17.3 Å². The average molecular weight is 358 g/mol. The molecule has 1 N–H and O–H groups in total. The van der Waals surface area contributed by atoms with Gasteiger partial charge in [0.2, 0.25) is 6.79 Å². The topological polar surface area (TPSA) is 146 Å². The van der Waals surface area contributed by atoms with Gasteiger partial charge in [0.1, 0.15) is 5.56 Å². The number of hydrogen-bond acceptors (Lipinski definition) is 8. The van der Waals surface area contributed by atoms with Crippen molar-refractivity contribution in [1.82, 2.24) is 5.43 Å². The Bertz CT molecular complexity index is 942. The second kappa shape index (κ2) is 6.84. The van der Waals surface area contributed by atoms with Crippen LogP contribution >= 0.6 is 0 Å². The molecule has 2 aromatic carbocycles. The third-order valence-corrected chi connectivity index (χ3v) is 3.43. The van der Waals surface area contributed by atoms with Crippen molar-refractivity contribution in [2.75, 3.05) is 6.79 Å². The number of rotatable bonds is 5. The lowest BCUT2D eigenvalue weighted by Crippen LogP contribution is -2.19. The minimum atomic E-state index is -0.822. The fourth-order valence-electron chi connectivity index (χ4n) is 2.25. The zero-order valence-electron chi connectivity index (χ0n) is 12.9. The highest BCUT2D eigenvalue weighted by molar-refractivity contribution is 5.98. The number of carbonyl (C=O) groups is 1. The molecule has 0 saturated heterocycles. The van der Waals surface area contributed by atoms with Crippen LogP contribution in [0.15, 0.2) is 41.5 Å². The predicted molar refractivity (Wildman–Crippen MR) is 87.4 cm³/mol. The molecule has 0 atom stereocenters. The number of nitrogens with zero attached hydrogens (tertiary/aromatic N) is 3. The molecule has 0 fully saturated rings. The molecule has 26 heavy (non-hydrogen) atoms. The highest BCUT2D eigenvalue weighted by Gasteiger charge is 2.23. The summed E-state index contributed by atoms with van der Waals surface area (Å²) in [6.07, 6.45) is 1.05. The Labute approximate surface area is 145 Å². The highest BCUT2D eigenvalue weighted by atomic mass is 16.7. The molecular formula is C15H10N4O7. The smallest absolute Gasteiger partial charge is 0.282 e. The zero-order chi connectivity index (χ0) is 18.7. The van der Waals surface area contributed by atoms with Crippen LogP contribution in [0.25, 0.3) is 0 Å². The molecule has 0 aliphatic carbocycles. The van der Waals surface area contributed by atoms with Gasteiger partial charge in [-0.3, -0.25) is 25.0 Å². The number of nitrogens with one attached hydrogen (secondary N) is 1. The molecule has 11 heteroatoms. The van der Waals surface area contributed by atoms with E-state index in [0.29, 0.717) is 5.75 Å².